The largest absolute Gasteiger partial charge is 0.481 e. The molecule has 0 bridgehead atoms. The lowest BCUT2D eigenvalue weighted by molar-refractivity contribution is -0.137. The van der Waals surface area contributed by atoms with Crippen molar-refractivity contribution in [1.29, 1.82) is 0 Å². The van der Waals surface area contributed by atoms with E-state index in [9.17, 15) is 9.59 Å². The Balaban J connectivity index is 2.61. The van der Waals surface area contributed by atoms with Gasteiger partial charge in [-0.1, -0.05) is 6.92 Å². The average molecular weight is 402 g/mol. The molecule has 1 saturated heterocycles. The van der Waals surface area contributed by atoms with Gasteiger partial charge in [0.2, 0.25) is 5.91 Å². The van der Waals surface area contributed by atoms with Crippen LogP contribution >= 0.6 is 0 Å². The highest BCUT2D eigenvalue weighted by molar-refractivity contribution is 5.77. The third kappa shape index (κ3) is 9.76. The van der Waals surface area contributed by atoms with Crippen LogP contribution in [0.2, 0.25) is 0 Å². The zero-order valence-corrected chi connectivity index (χ0v) is 17.1. The Bertz CT molecular complexity index is 460. The lowest BCUT2D eigenvalue weighted by Crippen LogP contribution is -2.65. The first-order chi connectivity index (χ1) is 13.3. The fraction of sp³-hybridized carbons (Fsp3) is 0.889. The fourth-order valence-corrected chi connectivity index (χ4v) is 3.10. The summed E-state index contributed by atoms with van der Waals surface area (Å²) in [6, 6.07) is 0. The molecule has 0 aromatic carbocycles. The Morgan fingerprint density at radius 2 is 1.39 bits per heavy atom. The smallest absolute Gasteiger partial charge is 0.303 e. The van der Waals surface area contributed by atoms with Gasteiger partial charge in [0, 0.05) is 83.7 Å². The summed E-state index contributed by atoms with van der Waals surface area (Å²) >= 11 is 0. The Labute approximate surface area is 167 Å². The maximum Gasteiger partial charge on any atom is 0.303 e. The number of hydrogen-bond acceptors (Lipinski definition) is 8. The third-order valence-electron chi connectivity index (χ3n) is 5.07. The molecule has 1 amide bonds. The molecule has 0 aliphatic carbocycles. The van der Waals surface area contributed by atoms with Crippen LogP contribution in [0.15, 0.2) is 0 Å². The number of carbonyl (C=O) groups is 2. The van der Waals surface area contributed by atoms with Crippen LogP contribution in [0, 0.1) is 5.41 Å². The molecule has 0 saturated carbocycles. The summed E-state index contributed by atoms with van der Waals surface area (Å²) in [5.41, 5.74) is 11.3. The summed E-state index contributed by atoms with van der Waals surface area (Å²) in [6.07, 6.45) is 0.476. The highest BCUT2D eigenvalue weighted by atomic mass is 16.4. The molecule has 0 spiro atoms. The van der Waals surface area contributed by atoms with Gasteiger partial charge in [-0.3, -0.25) is 9.59 Å². The molecule has 1 heterocycles. The van der Waals surface area contributed by atoms with Gasteiger partial charge in [0.05, 0.1) is 5.54 Å². The van der Waals surface area contributed by atoms with Gasteiger partial charge in [-0.25, -0.2) is 0 Å². The molecule has 1 fully saturated rings. The summed E-state index contributed by atoms with van der Waals surface area (Å²) in [4.78, 5) is 22.9. The maximum atomic E-state index is 12.3. The van der Waals surface area contributed by atoms with Crippen molar-refractivity contribution in [3.8, 4) is 0 Å². The summed E-state index contributed by atoms with van der Waals surface area (Å²) in [5, 5.41) is 25.3. The van der Waals surface area contributed by atoms with Gasteiger partial charge in [-0.15, -0.1) is 0 Å². The van der Waals surface area contributed by atoms with Gasteiger partial charge in [0.15, 0.2) is 0 Å². The predicted molar refractivity (Wildman–Crippen MR) is 110 cm³/mol. The van der Waals surface area contributed by atoms with E-state index in [4.69, 9.17) is 16.6 Å². The van der Waals surface area contributed by atoms with Crippen LogP contribution in [0.5, 0.6) is 0 Å². The van der Waals surface area contributed by atoms with E-state index < -0.39 is 11.5 Å². The molecule has 1 aliphatic rings. The highest BCUT2D eigenvalue weighted by Gasteiger charge is 2.30. The Hall–Kier alpha value is -1.30. The van der Waals surface area contributed by atoms with E-state index >= 15 is 0 Å². The molecule has 10 N–H and O–H groups in total. The van der Waals surface area contributed by atoms with E-state index in [2.05, 4.69) is 33.5 Å². The van der Waals surface area contributed by atoms with Crippen LogP contribution in [0.4, 0.5) is 0 Å². The van der Waals surface area contributed by atoms with Crippen LogP contribution < -0.4 is 38.1 Å². The minimum atomic E-state index is -0.895. The molecule has 1 aliphatic heterocycles. The van der Waals surface area contributed by atoms with Gasteiger partial charge in [0.25, 0.3) is 0 Å². The zero-order valence-electron chi connectivity index (χ0n) is 17.1. The van der Waals surface area contributed by atoms with Crippen LogP contribution in [0.25, 0.3) is 0 Å². The Morgan fingerprint density at radius 1 is 0.893 bits per heavy atom. The van der Waals surface area contributed by atoms with Gasteiger partial charge >= 0.3 is 5.97 Å². The SMILES string of the molecule is C[C@]1(CN)CNCCNC[C@](CN)(NC(=O)CCCC(=O)O)CNCCNC1. The van der Waals surface area contributed by atoms with E-state index in [-0.39, 0.29) is 30.7 Å². The second kappa shape index (κ2) is 13.0. The van der Waals surface area contributed by atoms with Gasteiger partial charge in [-0.05, 0) is 6.42 Å². The second-order valence-electron chi connectivity index (χ2n) is 8.00. The van der Waals surface area contributed by atoms with E-state index in [0.29, 0.717) is 26.1 Å². The molecule has 10 nitrogen and oxygen atoms in total. The van der Waals surface area contributed by atoms with Crippen LogP contribution in [-0.4, -0.2) is 88.0 Å². The molecule has 0 radical (unpaired) electrons. The normalized spacial score (nSPS) is 28.2. The van der Waals surface area contributed by atoms with Crippen molar-refractivity contribution in [3.63, 3.8) is 0 Å². The van der Waals surface area contributed by atoms with E-state index in [0.717, 1.165) is 39.3 Å². The summed E-state index contributed by atoms with van der Waals surface area (Å²) in [6.45, 7) is 8.83. The number of carboxylic acids is 1. The molecule has 0 aromatic rings. The number of nitrogens with one attached hydrogen (secondary N) is 5. The minimum absolute atomic E-state index is 0.00899. The monoisotopic (exact) mass is 401 g/mol. The lowest BCUT2D eigenvalue weighted by atomic mass is 9.90. The average Bonchev–Trinajstić information content (AvgIpc) is 2.66. The van der Waals surface area contributed by atoms with Gasteiger partial charge in [-0.2, -0.15) is 0 Å². The zero-order chi connectivity index (χ0) is 20.9. The number of nitrogens with two attached hydrogens (primary N) is 2. The first kappa shape index (κ1) is 24.7. The summed E-state index contributed by atoms with van der Waals surface area (Å²) in [5.74, 6) is -1.07. The number of carboxylic acid groups (broad SMARTS) is 1. The Morgan fingerprint density at radius 3 is 1.82 bits per heavy atom. The molecule has 164 valence electrons. The van der Waals surface area contributed by atoms with Crippen molar-refractivity contribution < 1.29 is 14.7 Å². The molecule has 0 unspecified atom stereocenters. The van der Waals surface area contributed by atoms with E-state index in [1.807, 2.05) is 0 Å². The lowest BCUT2D eigenvalue weighted by Gasteiger charge is -2.35. The molecule has 10 heteroatoms. The van der Waals surface area contributed by atoms with Crippen molar-refractivity contribution in [2.75, 3.05) is 65.4 Å². The standard InChI is InChI=1S/C18H39N7O3/c1-17(9-19)11-21-5-7-23-13-18(10-20,14-24-8-6-22-12-17)25-15(26)3-2-4-16(27)28/h21-24H,2-14,19-20H2,1H3,(H,25,26)(H,27,28)/t17-,18-. The number of rotatable bonds is 7. The first-order valence-electron chi connectivity index (χ1n) is 10.1. The number of aliphatic carboxylic acids is 1. The van der Waals surface area contributed by atoms with Crippen molar-refractivity contribution in [3.05, 3.63) is 0 Å². The van der Waals surface area contributed by atoms with E-state index in [1.54, 1.807) is 0 Å². The second-order valence-corrected chi connectivity index (χ2v) is 8.00. The quantitative estimate of drug-likeness (QED) is 0.228. The van der Waals surface area contributed by atoms with E-state index in [1.165, 1.54) is 0 Å². The van der Waals surface area contributed by atoms with Crippen molar-refractivity contribution in [2.45, 2.75) is 31.7 Å². The predicted octanol–water partition coefficient (Wildman–Crippen LogP) is -2.61. The molecule has 0 aromatic heterocycles. The van der Waals surface area contributed by atoms with Crippen LogP contribution in [-0.2, 0) is 9.59 Å². The molecule has 0 atom stereocenters. The maximum absolute atomic E-state index is 12.3. The van der Waals surface area contributed by atoms with Gasteiger partial charge < -0.3 is 43.2 Å². The molecular weight excluding hydrogens is 362 g/mol. The van der Waals surface area contributed by atoms with Crippen molar-refractivity contribution >= 4 is 11.9 Å². The third-order valence-corrected chi connectivity index (χ3v) is 5.07. The van der Waals surface area contributed by atoms with Crippen molar-refractivity contribution in [2.24, 2.45) is 16.9 Å². The molecule has 28 heavy (non-hydrogen) atoms. The summed E-state index contributed by atoms with van der Waals surface area (Å²) in [7, 11) is 0. The molecule has 1 rings (SSSR count). The Kier molecular flexibility index (Phi) is 11.5. The molecular formula is C18H39N7O3. The minimum Gasteiger partial charge on any atom is -0.481 e. The first-order valence-corrected chi connectivity index (χ1v) is 10.1. The van der Waals surface area contributed by atoms with Crippen LogP contribution in [0.3, 0.4) is 0 Å². The number of amides is 1. The topological polar surface area (TPSA) is 167 Å². The number of carbonyl (C=O) groups excluding carboxylic acids is 1. The summed E-state index contributed by atoms with van der Waals surface area (Å²) < 4.78 is 0. The van der Waals surface area contributed by atoms with Crippen LogP contribution in [0.1, 0.15) is 26.2 Å². The van der Waals surface area contributed by atoms with Gasteiger partial charge in [0.1, 0.15) is 0 Å². The number of hydrogen-bond donors (Lipinski definition) is 8. The fourth-order valence-electron chi connectivity index (χ4n) is 3.10. The highest BCUT2D eigenvalue weighted by Crippen LogP contribution is 2.11. The van der Waals surface area contributed by atoms with Crippen molar-refractivity contribution in [1.82, 2.24) is 26.6 Å².